The van der Waals surface area contributed by atoms with Crippen molar-refractivity contribution in [2.24, 2.45) is 11.5 Å². The minimum Gasteiger partial charge on any atom is -0.508 e. The van der Waals surface area contributed by atoms with Crippen molar-refractivity contribution in [1.29, 1.82) is 0 Å². The molecule has 0 fully saturated rings. The van der Waals surface area contributed by atoms with E-state index in [1.54, 1.807) is 18.4 Å². The van der Waals surface area contributed by atoms with Gasteiger partial charge in [0.1, 0.15) is 17.8 Å². The molecule has 18 heteroatoms. The lowest BCUT2D eigenvalue weighted by Gasteiger charge is -2.21. The molecule has 0 spiro atoms. The van der Waals surface area contributed by atoms with Crippen LogP contribution in [-0.2, 0) is 36.8 Å². The van der Waals surface area contributed by atoms with Crippen LogP contribution in [0.1, 0.15) is 24.5 Å². The van der Waals surface area contributed by atoms with E-state index >= 15 is 0 Å². The molecule has 0 aliphatic carbocycles. The molecule has 252 valence electrons. The Labute approximate surface area is 264 Å². The third-order valence-corrected chi connectivity index (χ3v) is 7.12. The molecular weight excluding hydrogens is 643 g/mol. The summed E-state index contributed by atoms with van der Waals surface area (Å²) in [5, 5.41) is 18.1. The number of phenols is 1. The summed E-state index contributed by atoms with van der Waals surface area (Å²) in [4.78, 5) is 62.4. The summed E-state index contributed by atoms with van der Waals surface area (Å²) in [6.45, 7) is 0.612. The number of rotatable bonds is 15. The molecular formula is C28H33F5N6O6S. The third kappa shape index (κ3) is 10.7. The van der Waals surface area contributed by atoms with Crippen LogP contribution >= 0.6 is 11.8 Å². The molecule has 0 aromatic heterocycles. The van der Waals surface area contributed by atoms with Gasteiger partial charge in [-0.05, 0) is 49.5 Å². The number of imide groups is 1. The molecule has 0 heterocycles. The average Bonchev–Trinajstić information content (AvgIpc) is 3.02. The Kier molecular flexibility index (Phi) is 14.3. The van der Waals surface area contributed by atoms with E-state index in [0.717, 1.165) is 0 Å². The molecule has 0 aliphatic rings. The fourth-order valence-corrected chi connectivity index (χ4v) is 4.35. The predicted molar refractivity (Wildman–Crippen MR) is 156 cm³/mol. The van der Waals surface area contributed by atoms with Gasteiger partial charge >= 0.3 is 0 Å². The minimum absolute atomic E-state index is 0.0361. The first-order chi connectivity index (χ1) is 21.6. The lowest BCUT2D eigenvalue weighted by molar-refractivity contribution is -0.135. The zero-order valence-electron chi connectivity index (χ0n) is 24.6. The second-order valence-corrected chi connectivity index (χ2v) is 11.0. The van der Waals surface area contributed by atoms with Crippen LogP contribution in [0.25, 0.3) is 0 Å². The van der Waals surface area contributed by atoms with Crippen LogP contribution in [0.2, 0.25) is 0 Å². The summed E-state index contributed by atoms with van der Waals surface area (Å²) in [6, 6.07) is 0.581. The molecule has 9 N–H and O–H groups in total. The number of hydrogen-bond donors (Lipinski definition) is 7. The Morgan fingerprint density at radius 1 is 0.783 bits per heavy atom. The van der Waals surface area contributed by atoms with Crippen molar-refractivity contribution in [2.75, 3.05) is 18.6 Å². The Hall–Kier alpha value is -4.29. The van der Waals surface area contributed by atoms with Gasteiger partial charge in [0.2, 0.25) is 35.4 Å². The van der Waals surface area contributed by atoms with E-state index in [9.17, 15) is 51.0 Å². The number of nitrogens with two attached hydrogens (primary N) is 2. The topological polar surface area (TPSA) is 206 Å². The maximum Gasteiger partial charge on any atom is 0.249 e. The summed E-state index contributed by atoms with van der Waals surface area (Å²) in [7, 11) is 0. The van der Waals surface area contributed by atoms with Crippen LogP contribution in [0.5, 0.6) is 5.75 Å². The quantitative estimate of drug-likeness (QED) is 0.0771. The summed E-state index contributed by atoms with van der Waals surface area (Å²) in [5.74, 6) is -15.5. The van der Waals surface area contributed by atoms with E-state index in [2.05, 4.69) is 16.0 Å². The molecule has 0 bridgehead atoms. The van der Waals surface area contributed by atoms with Gasteiger partial charge in [0.15, 0.2) is 23.3 Å². The SMILES string of the molecule is CSCC[C@H](NC(=O)[C@@H](N)Cc1c(F)c(F)c(F)c(F)c1F)C(=O)NC(=O)CNC(=O)[C@@H](C)NC(=O)[C@@H](N)Cc1ccc(O)cc1. The Morgan fingerprint density at radius 3 is 1.87 bits per heavy atom. The fraction of sp³-hybridized carbons (Fsp3) is 0.393. The first-order valence-corrected chi connectivity index (χ1v) is 15.0. The fourth-order valence-electron chi connectivity index (χ4n) is 3.88. The van der Waals surface area contributed by atoms with Crippen molar-refractivity contribution in [1.82, 2.24) is 21.3 Å². The zero-order chi connectivity index (χ0) is 34.7. The normalized spacial score (nSPS) is 13.6. The standard InChI is InChI=1S/C28H33F5N6O6S/c1-12(37-26(43)16(34)9-13-3-5-14(40)6-4-13)25(42)36-11-19(41)39-28(45)18(7-8-46-2)38-27(44)17(35)10-15-20(29)22(31)24(33)23(32)21(15)30/h3-6,12,16-18,40H,7-11,34-35H2,1-2H3,(H,36,42)(H,37,43)(H,38,44)(H,39,41,45)/t12-,16+,17+,18+/m1/s1. The van der Waals surface area contributed by atoms with Gasteiger partial charge in [-0.15, -0.1) is 0 Å². The maximum atomic E-state index is 14.0. The van der Waals surface area contributed by atoms with Gasteiger partial charge in [0, 0.05) is 12.0 Å². The van der Waals surface area contributed by atoms with Gasteiger partial charge in [-0.1, -0.05) is 12.1 Å². The summed E-state index contributed by atoms with van der Waals surface area (Å²) in [6.07, 6.45) is 0.630. The molecule has 2 aromatic rings. The molecule has 0 aliphatic heterocycles. The van der Waals surface area contributed by atoms with E-state index in [-0.39, 0.29) is 24.3 Å². The molecule has 12 nitrogen and oxygen atoms in total. The number of carbonyl (C=O) groups is 5. The van der Waals surface area contributed by atoms with Crippen LogP contribution in [0, 0.1) is 29.1 Å². The first-order valence-electron chi connectivity index (χ1n) is 13.6. The number of carbonyl (C=O) groups excluding carboxylic acids is 5. The second kappa shape index (κ2) is 17.4. The molecule has 0 unspecified atom stereocenters. The summed E-state index contributed by atoms with van der Waals surface area (Å²) >= 11 is 1.26. The number of phenolic OH excluding ortho intramolecular Hbond substituents is 1. The molecule has 0 saturated carbocycles. The summed E-state index contributed by atoms with van der Waals surface area (Å²) < 4.78 is 68.4. The average molecular weight is 677 g/mol. The highest BCUT2D eigenvalue weighted by atomic mass is 32.2. The van der Waals surface area contributed by atoms with Gasteiger partial charge in [0.25, 0.3) is 0 Å². The maximum absolute atomic E-state index is 14.0. The number of amides is 5. The third-order valence-electron chi connectivity index (χ3n) is 6.47. The minimum atomic E-state index is -2.38. The molecule has 0 radical (unpaired) electrons. The van der Waals surface area contributed by atoms with E-state index in [1.165, 1.54) is 30.8 Å². The highest BCUT2D eigenvalue weighted by molar-refractivity contribution is 7.98. The van der Waals surface area contributed by atoms with E-state index in [0.29, 0.717) is 5.56 Å². The molecule has 2 aromatic carbocycles. The monoisotopic (exact) mass is 676 g/mol. The molecule has 5 amide bonds. The van der Waals surface area contributed by atoms with Crippen molar-refractivity contribution in [3.8, 4) is 5.75 Å². The lowest BCUT2D eigenvalue weighted by Crippen LogP contribution is -2.55. The molecule has 2 rings (SSSR count). The second-order valence-electron chi connectivity index (χ2n) is 10.0. The van der Waals surface area contributed by atoms with Crippen molar-refractivity contribution >= 4 is 41.3 Å². The van der Waals surface area contributed by atoms with Gasteiger partial charge in [-0.25, -0.2) is 22.0 Å². The first kappa shape index (κ1) is 37.9. The number of aromatic hydroxyl groups is 1. The Balaban J connectivity index is 1.91. The van der Waals surface area contributed by atoms with Crippen molar-refractivity contribution < 1.29 is 51.0 Å². The van der Waals surface area contributed by atoms with Crippen LogP contribution in [0.4, 0.5) is 22.0 Å². The Morgan fingerprint density at radius 2 is 1.30 bits per heavy atom. The van der Waals surface area contributed by atoms with Crippen molar-refractivity contribution in [2.45, 2.75) is 50.4 Å². The number of halogens is 5. The zero-order valence-corrected chi connectivity index (χ0v) is 25.4. The molecule has 4 atom stereocenters. The van der Waals surface area contributed by atoms with Gasteiger partial charge in [0.05, 0.1) is 18.6 Å². The van der Waals surface area contributed by atoms with Gasteiger partial charge < -0.3 is 32.5 Å². The predicted octanol–water partition coefficient (Wildman–Crippen LogP) is 0.0291. The van der Waals surface area contributed by atoms with Crippen LogP contribution in [0.3, 0.4) is 0 Å². The number of nitrogens with one attached hydrogen (secondary N) is 4. The van der Waals surface area contributed by atoms with E-state index in [4.69, 9.17) is 11.5 Å². The van der Waals surface area contributed by atoms with Crippen LogP contribution in [0.15, 0.2) is 24.3 Å². The largest absolute Gasteiger partial charge is 0.508 e. The molecule has 46 heavy (non-hydrogen) atoms. The van der Waals surface area contributed by atoms with Crippen LogP contribution in [-0.4, -0.2) is 77.4 Å². The highest BCUT2D eigenvalue weighted by Crippen LogP contribution is 2.24. The smallest absolute Gasteiger partial charge is 0.249 e. The number of hydrogen-bond acceptors (Lipinski definition) is 9. The van der Waals surface area contributed by atoms with Gasteiger partial charge in [-0.3, -0.25) is 29.3 Å². The van der Waals surface area contributed by atoms with Crippen molar-refractivity contribution in [3.05, 3.63) is 64.5 Å². The van der Waals surface area contributed by atoms with Crippen LogP contribution < -0.4 is 32.7 Å². The Bertz CT molecular complexity index is 1420. The number of benzene rings is 2. The van der Waals surface area contributed by atoms with E-state index in [1.807, 2.05) is 5.32 Å². The summed E-state index contributed by atoms with van der Waals surface area (Å²) in [5.41, 5.74) is 10.8. The van der Waals surface area contributed by atoms with E-state index < -0.39 is 101 Å². The molecule has 0 saturated heterocycles. The number of thioether (sulfide) groups is 1. The van der Waals surface area contributed by atoms with Gasteiger partial charge in [-0.2, -0.15) is 11.8 Å². The highest BCUT2D eigenvalue weighted by Gasteiger charge is 2.30. The van der Waals surface area contributed by atoms with Crippen molar-refractivity contribution in [3.63, 3.8) is 0 Å². The lowest BCUT2D eigenvalue weighted by atomic mass is 10.0.